The minimum absolute atomic E-state index is 0.166. The molecule has 0 aromatic rings. The number of H-pyrrole nitrogens is 1. The van der Waals surface area contributed by atoms with E-state index in [1.165, 1.54) is 6.07 Å². The molecular weight excluding hydrogens is 261 g/mol. The van der Waals surface area contributed by atoms with Gasteiger partial charge in [0.05, 0.1) is 0 Å². The third kappa shape index (κ3) is 2.38. The summed E-state index contributed by atoms with van der Waals surface area (Å²) >= 11 is 5.08. The van der Waals surface area contributed by atoms with E-state index >= 15 is 0 Å². The Balaban J connectivity index is 2.65. The van der Waals surface area contributed by atoms with Crippen LogP contribution in [0.25, 0.3) is 11.4 Å². The van der Waals surface area contributed by atoms with Crippen molar-refractivity contribution in [2.24, 2.45) is 0 Å². The summed E-state index contributed by atoms with van der Waals surface area (Å²) in [5, 5.41) is 0. The molecule has 0 bridgehead atoms. The number of hydrogen-bond donors (Lipinski definition) is 1. The van der Waals surface area contributed by atoms with Gasteiger partial charge in [-0.15, -0.1) is 0 Å². The molecule has 18 heavy (non-hydrogen) atoms. The van der Waals surface area contributed by atoms with Crippen molar-refractivity contribution in [2.75, 3.05) is 0 Å². The molecule has 2 heterocycles. The van der Waals surface area contributed by atoms with Crippen LogP contribution in [0.3, 0.4) is 0 Å². The molecular formula is C12H11F3N2S. The van der Waals surface area contributed by atoms with Crippen LogP contribution in [-0.4, -0.2) is 9.97 Å². The Morgan fingerprint density at radius 2 is 1.94 bits per heavy atom. The molecule has 0 radical (unpaired) electrons. The lowest BCUT2D eigenvalue weighted by Crippen LogP contribution is -2.10. The smallest absolute Gasteiger partial charge is 0.336 e. The van der Waals surface area contributed by atoms with E-state index in [0.29, 0.717) is 10.2 Å². The van der Waals surface area contributed by atoms with Crippen LogP contribution < -0.4 is 0 Å². The van der Waals surface area contributed by atoms with Crippen molar-refractivity contribution in [3.8, 4) is 11.4 Å². The first kappa shape index (κ1) is 13.0. The van der Waals surface area contributed by atoms with Crippen molar-refractivity contribution in [1.29, 1.82) is 0 Å². The molecule has 0 amide bonds. The van der Waals surface area contributed by atoms with Gasteiger partial charge >= 0.3 is 6.18 Å². The number of halogens is 3. The summed E-state index contributed by atoms with van der Waals surface area (Å²) in [6, 6.07) is 4.20. The largest absolute Gasteiger partial charge is 0.431 e. The fourth-order valence-corrected chi connectivity index (χ4v) is 2.06. The van der Waals surface area contributed by atoms with E-state index in [1.807, 2.05) is 13.8 Å². The maximum absolute atomic E-state index is 12.5. The van der Waals surface area contributed by atoms with Gasteiger partial charge in [0.1, 0.15) is 16.2 Å². The predicted molar refractivity (Wildman–Crippen MR) is 65.1 cm³/mol. The van der Waals surface area contributed by atoms with Crippen LogP contribution in [0, 0.1) is 4.64 Å². The maximum Gasteiger partial charge on any atom is 0.431 e. The Kier molecular flexibility index (Phi) is 3.14. The van der Waals surface area contributed by atoms with E-state index in [-0.39, 0.29) is 11.7 Å². The molecule has 2 aliphatic heterocycles. The first-order valence-corrected chi connectivity index (χ1v) is 5.81. The van der Waals surface area contributed by atoms with Crippen LogP contribution in [0.2, 0.25) is 0 Å². The summed E-state index contributed by atoms with van der Waals surface area (Å²) in [6.45, 7) is 3.93. The Hall–Kier alpha value is -1.43. The third-order valence-electron chi connectivity index (χ3n) is 2.65. The van der Waals surface area contributed by atoms with Crippen LogP contribution in [0.1, 0.15) is 31.0 Å². The van der Waals surface area contributed by atoms with Crippen molar-refractivity contribution in [2.45, 2.75) is 25.9 Å². The summed E-state index contributed by atoms with van der Waals surface area (Å²) in [4.78, 5) is 6.30. The molecule has 6 heteroatoms. The molecule has 0 aromatic carbocycles. The Morgan fingerprint density at radius 1 is 1.28 bits per heavy atom. The van der Waals surface area contributed by atoms with Gasteiger partial charge in [-0.3, -0.25) is 0 Å². The van der Waals surface area contributed by atoms with Crippen molar-refractivity contribution in [3.63, 3.8) is 0 Å². The van der Waals surface area contributed by atoms with Gasteiger partial charge in [-0.2, -0.15) is 13.2 Å². The van der Waals surface area contributed by atoms with Crippen LogP contribution in [0.4, 0.5) is 13.2 Å². The van der Waals surface area contributed by atoms with E-state index in [0.717, 1.165) is 11.6 Å². The van der Waals surface area contributed by atoms with Crippen molar-refractivity contribution < 1.29 is 13.2 Å². The second kappa shape index (κ2) is 4.35. The summed E-state index contributed by atoms with van der Waals surface area (Å²) in [6.07, 6.45) is -4.41. The fraction of sp³-hybridized carbons (Fsp3) is 0.333. The molecule has 0 spiro atoms. The number of hydrogen-bond acceptors (Lipinski definition) is 2. The molecule has 0 atom stereocenters. The fourth-order valence-electron chi connectivity index (χ4n) is 1.68. The molecule has 0 aliphatic carbocycles. The number of fused-ring (bicyclic) bond motifs is 1. The predicted octanol–water partition coefficient (Wildman–Crippen LogP) is 4.39. The number of nitrogens with one attached hydrogen (secondary N) is 1. The first-order chi connectivity index (χ1) is 8.29. The zero-order valence-electron chi connectivity index (χ0n) is 9.80. The SMILES string of the molecule is CC(C)c1cc2ccc(C(F)(F)F)[nH]c-2nc1=S. The lowest BCUT2D eigenvalue weighted by Gasteiger charge is -2.13. The molecule has 0 fully saturated rings. The summed E-state index contributed by atoms with van der Waals surface area (Å²) in [5.74, 6) is 0.357. The Morgan fingerprint density at radius 3 is 2.50 bits per heavy atom. The lowest BCUT2D eigenvalue weighted by molar-refractivity contribution is -0.141. The highest BCUT2D eigenvalue weighted by Gasteiger charge is 2.32. The number of aromatic amines is 1. The molecule has 1 N–H and O–H groups in total. The molecule has 96 valence electrons. The highest BCUT2D eigenvalue weighted by Crippen LogP contribution is 2.31. The van der Waals surface area contributed by atoms with Gasteiger partial charge in [-0.1, -0.05) is 26.1 Å². The van der Waals surface area contributed by atoms with Crippen LogP contribution >= 0.6 is 12.2 Å². The van der Waals surface area contributed by atoms with Crippen LogP contribution in [0.15, 0.2) is 18.2 Å². The van der Waals surface area contributed by atoms with E-state index < -0.39 is 11.9 Å². The molecule has 0 aromatic heterocycles. The number of aromatic nitrogens is 2. The number of alkyl halides is 3. The van der Waals surface area contributed by atoms with Gasteiger partial charge in [0.15, 0.2) is 0 Å². The van der Waals surface area contributed by atoms with Gasteiger partial charge in [-0.05, 0) is 29.7 Å². The quantitative estimate of drug-likeness (QED) is 0.780. The lowest BCUT2D eigenvalue weighted by atomic mass is 10.0. The molecule has 2 nitrogen and oxygen atoms in total. The van der Waals surface area contributed by atoms with E-state index in [1.54, 1.807) is 6.07 Å². The molecule has 0 saturated carbocycles. The van der Waals surface area contributed by atoms with Crippen LogP contribution in [-0.2, 0) is 6.18 Å². The van der Waals surface area contributed by atoms with Gasteiger partial charge in [0, 0.05) is 5.56 Å². The second-order valence-electron chi connectivity index (χ2n) is 4.35. The molecule has 2 rings (SSSR count). The van der Waals surface area contributed by atoms with Crippen molar-refractivity contribution >= 4 is 12.2 Å². The normalized spacial score (nSPS) is 12.3. The highest BCUT2D eigenvalue weighted by molar-refractivity contribution is 7.71. The molecule has 0 saturated heterocycles. The van der Waals surface area contributed by atoms with Gasteiger partial charge in [0.25, 0.3) is 0 Å². The van der Waals surface area contributed by atoms with Gasteiger partial charge in [0.2, 0.25) is 0 Å². The zero-order chi connectivity index (χ0) is 13.5. The third-order valence-corrected chi connectivity index (χ3v) is 2.98. The topological polar surface area (TPSA) is 28.7 Å². The summed E-state index contributed by atoms with van der Waals surface area (Å²) < 4.78 is 38.0. The molecule has 2 aliphatic rings. The standard InChI is InChI=1S/C12H11F3N2S/c1-6(2)8-5-7-3-4-9(12(13,14)15)16-10(7)17-11(8)18/h3-6H,1-2H3,(H,16,17,18). The highest BCUT2D eigenvalue weighted by atomic mass is 32.1. The summed E-state index contributed by atoms with van der Waals surface area (Å²) in [5.41, 5.74) is 0.667. The van der Waals surface area contributed by atoms with Gasteiger partial charge in [-0.25, -0.2) is 4.98 Å². The minimum Gasteiger partial charge on any atom is -0.336 e. The minimum atomic E-state index is -4.41. The Labute approximate surface area is 107 Å². The van der Waals surface area contributed by atoms with Crippen LogP contribution in [0.5, 0.6) is 0 Å². The maximum atomic E-state index is 12.5. The van der Waals surface area contributed by atoms with Crippen molar-refractivity contribution in [1.82, 2.24) is 9.97 Å². The van der Waals surface area contributed by atoms with E-state index in [9.17, 15) is 13.2 Å². The molecule has 0 unspecified atom stereocenters. The average Bonchev–Trinajstić information content (AvgIpc) is 2.25. The monoisotopic (exact) mass is 272 g/mol. The van der Waals surface area contributed by atoms with E-state index in [4.69, 9.17) is 12.2 Å². The van der Waals surface area contributed by atoms with Gasteiger partial charge < -0.3 is 4.98 Å². The average molecular weight is 272 g/mol. The Bertz CT molecular complexity index is 601. The number of nitrogens with zero attached hydrogens (tertiary/aromatic N) is 1. The number of pyridine rings is 2. The van der Waals surface area contributed by atoms with E-state index in [2.05, 4.69) is 9.97 Å². The number of rotatable bonds is 1. The second-order valence-corrected chi connectivity index (χ2v) is 4.73. The zero-order valence-corrected chi connectivity index (χ0v) is 10.6. The first-order valence-electron chi connectivity index (χ1n) is 5.40. The van der Waals surface area contributed by atoms with Crippen molar-refractivity contribution in [3.05, 3.63) is 34.1 Å². The summed E-state index contributed by atoms with van der Waals surface area (Å²) in [7, 11) is 0.